The van der Waals surface area contributed by atoms with Crippen LogP contribution in [-0.2, 0) is 22.6 Å². The third-order valence-electron chi connectivity index (χ3n) is 4.90. The van der Waals surface area contributed by atoms with Crippen molar-refractivity contribution < 1.29 is 9.59 Å². The van der Waals surface area contributed by atoms with Gasteiger partial charge in [0.05, 0.1) is 17.0 Å². The quantitative estimate of drug-likeness (QED) is 0.706. The summed E-state index contributed by atoms with van der Waals surface area (Å²) in [5.41, 5.74) is 3.00. The van der Waals surface area contributed by atoms with E-state index < -0.39 is 0 Å². The molecule has 1 aromatic heterocycles. The third kappa shape index (κ3) is 4.00. The zero-order chi connectivity index (χ0) is 18.6. The summed E-state index contributed by atoms with van der Waals surface area (Å²) < 4.78 is 0. The predicted octanol–water partition coefficient (Wildman–Crippen LogP) is 2.27. The second kappa shape index (κ2) is 7.61. The van der Waals surface area contributed by atoms with Crippen LogP contribution in [0.5, 0.6) is 0 Å². The van der Waals surface area contributed by atoms with Gasteiger partial charge in [-0.05, 0) is 17.7 Å². The molecule has 2 aromatic carbocycles. The minimum Gasteiger partial charge on any atom is -0.355 e. The van der Waals surface area contributed by atoms with Crippen LogP contribution in [-0.4, -0.2) is 39.8 Å². The second-order valence-electron chi connectivity index (χ2n) is 6.90. The molecule has 138 valence electrons. The lowest BCUT2D eigenvalue weighted by Gasteiger charge is -2.16. The standard InChI is InChI=1S/C21H22N4O2/c26-20-12-16(14-25(20)13-15-6-2-1-3-7-15)21(27)22-11-10-19-23-17-8-4-5-9-18(17)24-19/h1-9,16H,10-14H2,(H,22,27)(H,23,24)/t16-/m1/s1. The lowest BCUT2D eigenvalue weighted by Crippen LogP contribution is -2.34. The van der Waals surface area contributed by atoms with Crippen LogP contribution in [0.4, 0.5) is 0 Å². The highest BCUT2D eigenvalue weighted by atomic mass is 16.2. The van der Waals surface area contributed by atoms with Crippen molar-refractivity contribution in [1.82, 2.24) is 20.2 Å². The summed E-state index contributed by atoms with van der Waals surface area (Å²) in [5.74, 6) is 0.549. The first kappa shape index (κ1) is 17.3. The minimum atomic E-state index is -0.281. The Hall–Kier alpha value is -3.15. The average molecular weight is 362 g/mol. The maximum absolute atomic E-state index is 12.4. The zero-order valence-corrected chi connectivity index (χ0v) is 15.0. The number of H-pyrrole nitrogens is 1. The first-order chi connectivity index (χ1) is 13.2. The SMILES string of the molecule is O=C(NCCc1nc2ccccc2[nH]1)[C@@H]1CC(=O)N(Cc2ccccc2)C1. The Morgan fingerprint density at radius 1 is 1.15 bits per heavy atom. The van der Waals surface area contributed by atoms with E-state index in [-0.39, 0.29) is 24.2 Å². The molecule has 0 unspecified atom stereocenters. The Labute approximate surface area is 157 Å². The number of carbonyl (C=O) groups is 2. The predicted molar refractivity (Wildman–Crippen MR) is 103 cm³/mol. The number of fused-ring (bicyclic) bond motifs is 1. The molecule has 1 aliphatic rings. The Balaban J connectivity index is 1.27. The van der Waals surface area contributed by atoms with Gasteiger partial charge in [0, 0.05) is 32.5 Å². The van der Waals surface area contributed by atoms with Gasteiger partial charge in [-0.25, -0.2) is 4.98 Å². The molecule has 0 radical (unpaired) electrons. The van der Waals surface area contributed by atoms with Crippen LogP contribution in [0, 0.1) is 5.92 Å². The van der Waals surface area contributed by atoms with E-state index >= 15 is 0 Å². The molecule has 1 fully saturated rings. The third-order valence-corrected chi connectivity index (χ3v) is 4.90. The molecule has 1 saturated heterocycles. The fourth-order valence-electron chi connectivity index (χ4n) is 3.48. The number of para-hydroxylation sites is 2. The number of nitrogens with one attached hydrogen (secondary N) is 2. The van der Waals surface area contributed by atoms with E-state index in [1.165, 1.54) is 0 Å². The van der Waals surface area contributed by atoms with Crippen LogP contribution in [0.3, 0.4) is 0 Å². The summed E-state index contributed by atoms with van der Waals surface area (Å²) >= 11 is 0. The van der Waals surface area contributed by atoms with Gasteiger partial charge in [0.1, 0.15) is 5.82 Å². The number of aromatic amines is 1. The van der Waals surface area contributed by atoms with E-state index in [1.54, 1.807) is 4.90 Å². The molecule has 4 rings (SSSR count). The lowest BCUT2D eigenvalue weighted by atomic mass is 10.1. The molecule has 0 spiro atoms. The van der Waals surface area contributed by atoms with Crippen molar-refractivity contribution in [3.05, 3.63) is 66.0 Å². The van der Waals surface area contributed by atoms with E-state index in [0.717, 1.165) is 22.4 Å². The van der Waals surface area contributed by atoms with Crippen molar-refractivity contribution in [3.8, 4) is 0 Å². The summed E-state index contributed by atoms with van der Waals surface area (Å²) in [6.45, 7) is 1.54. The van der Waals surface area contributed by atoms with Crippen LogP contribution in [0.1, 0.15) is 17.8 Å². The highest BCUT2D eigenvalue weighted by molar-refractivity contribution is 5.89. The van der Waals surface area contributed by atoms with E-state index in [4.69, 9.17) is 0 Å². The Bertz CT molecular complexity index is 918. The Kier molecular flexibility index (Phi) is 4.87. The fourth-order valence-corrected chi connectivity index (χ4v) is 3.48. The van der Waals surface area contributed by atoms with Gasteiger partial charge in [0.2, 0.25) is 11.8 Å². The van der Waals surface area contributed by atoms with Gasteiger partial charge in [0.25, 0.3) is 0 Å². The van der Waals surface area contributed by atoms with Crippen molar-refractivity contribution in [2.45, 2.75) is 19.4 Å². The number of hydrogen-bond acceptors (Lipinski definition) is 3. The first-order valence-corrected chi connectivity index (χ1v) is 9.22. The summed E-state index contributed by atoms with van der Waals surface area (Å²) in [7, 11) is 0. The molecule has 2 N–H and O–H groups in total. The molecule has 6 nitrogen and oxygen atoms in total. The summed E-state index contributed by atoms with van der Waals surface area (Å²) in [5, 5.41) is 2.94. The second-order valence-corrected chi connectivity index (χ2v) is 6.90. The molecule has 3 aromatic rings. The average Bonchev–Trinajstić information content (AvgIpc) is 3.26. The molecule has 1 atom stereocenters. The van der Waals surface area contributed by atoms with E-state index in [0.29, 0.717) is 26.1 Å². The van der Waals surface area contributed by atoms with Crippen molar-refractivity contribution in [3.63, 3.8) is 0 Å². The Morgan fingerprint density at radius 2 is 1.93 bits per heavy atom. The van der Waals surface area contributed by atoms with Crippen LogP contribution < -0.4 is 5.32 Å². The molecule has 0 aliphatic carbocycles. The van der Waals surface area contributed by atoms with Crippen molar-refractivity contribution in [1.29, 1.82) is 0 Å². The number of amides is 2. The van der Waals surface area contributed by atoms with Crippen LogP contribution in [0.15, 0.2) is 54.6 Å². The van der Waals surface area contributed by atoms with E-state index in [9.17, 15) is 9.59 Å². The van der Waals surface area contributed by atoms with Crippen molar-refractivity contribution >= 4 is 22.8 Å². The number of aromatic nitrogens is 2. The summed E-state index contributed by atoms with van der Waals surface area (Å²) in [4.78, 5) is 34.2. The topological polar surface area (TPSA) is 78.1 Å². The maximum Gasteiger partial charge on any atom is 0.225 e. The first-order valence-electron chi connectivity index (χ1n) is 9.22. The van der Waals surface area contributed by atoms with Gasteiger partial charge < -0.3 is 15.2 Å². The maximum atomic E-state index is 12.4. The highest BCUT2D eigenvalue weighted by Gasteiger charge is 2.33. The van der Waals surface area contributed by atoms with Crippen molar-refractivity contribution in [2.24, 2.45) is 5.92 Å². The fraction of sp³-hybridized carbons (Fsp3) is 0.286. The molecular formula is C21H22N4O2. The van der Waals surface area contributed by atoms with E-state index in [1.807, 2.05) is 54.6 Å². The Morgan fingerprint density at radius 3 is 2.74 bits per heavy atom. The largest absolute Gasteiger partial charge is 0.355 e. The molecule has 27 heavy (non-hydrogen) atoms. The number of imidazole rings is 1. The minimum absolute atomic E-state index is 0.0382. The monoisotopic (exact) mass is 362 g/mol. The van der Waals surface area contributed by atoms with E-state index in [2.05, 4.69) is 15.3 Å². The smallest absolute Gasteiger partial charge is 0.225 e. The van der Waals surface area contributed by atoms with Gasteiger partial charge in [-0.2, -0.15) is 0 Å². The molecule has 6 heteroatoms. The number of likely N-dealkylation sites (tertiary alicyclic amines) is 1. The zero-order valence-electron chi connectivity index (χ0n) is 15.0. The van der Waals surface area contributed by atoms with Crippen LogP contribution in [0.25, 0.3) is 11.0 Å². The van der Waals surface area contributed by atoms with Gasteiger partial charge in [-0.15, -0.1) is 0 Å². The molecule has 2 amide bonds. The molecular weight excluding hydrogens is 340 g/mol. The number of benzene rings is 2. The van der Waals surface area contributed by atoms with Gasteiger partial charge in [-0.3, -0.25) is 9.59 Å². The number of nitrogens with zero attached hydrogens (tertiary/aromatic N) is 2. The normalized spacial score (nSPS) is 16.8. The highest BCUT2D eigenvalue weighted by Crippen LogP contribution is 2.20. The number of rotatable bonds is 6. The van der Waals surface area contributed by atoms with Crippen LogP contribution in [0.2, 0.25) is 0 Å². The van der Waals surface area contributed by atoms with Gasteiger partial charge in [-0.1, -0.05) is 42.5 Å². The van der Waals surface area contributed by atoms with Crippen molar-refractivity contribution in [2.75, 3.05) is 13.1 Å². The van der Waals surface area contributed by atoms with Crippen LogP contribution >= 0.6 is 0 Å². The lowest BCUT2D eigenvalue weighted by molar-refractivity contribution is -0.129. The molecule has 0 saturated carbocycles. The molecule has 0 bridgehead atoms. The number of carbonyl (C=O) groups excluding carboxylic acids is 2. The summed E-state index contributed by atoms with van der Waals surface area (Å²) in [6.07, 6.45) is 0.915. The van der Waals surface area contributed by atoms with Gasteiger partial charge in [0.15, 0.2) is 0 Å². The van der Waals surface area contributed by atoms with Gasteiger partial charge >= 0.3 is 0 Å². The molecule has 1 aliphatic heterocycles. The number of hydrogen-bond donors (Lipinski definition) is 2. The summed E-state index contributed by atoms with van der Waals surface area (Å²) in [6, 6.07) is 17.7. The molecule has 2 heterocycles.